The average Bonchev–Trinajstić information content (AvgIpc) is 3.34. The van der Waals surface area contributed by atoms with E-state index < -0.39 is 16.6 Å². The van der Waals surface area contributed by atoms with Gasteiger partial charge in [0.05, 0.1) is 16.4 Å². The molecule has 1 aliphatic carbocycles. The van der Waals surface area contributed by atoms with Crippen molar-refractivity contribution in [2.45, 2.75) is 25.0 Å². The summed E-state index contributed by atoms with van der Waals surface area (Å²) >= 11 is 1.15. The number of carbonyl (C=O) groups excluding carboxylic acids is 2. The van der Waals surface area contributed by atoms with Crippen LogP contribution in [-0.2, 0) is 14.4 Å². The largest absolute Gasteiger partial charge is 0.481 e. The van der Waals surface area contributed by atoms with Crippen molar-refractivity contribution in [1.82, 2.24) is 5.32 Å². The number of benzene rings is 1. The minimum Gasteiger partial charge on any atom is -0.481 e. The molecule has 1 unspecified atom stereocenters. The van der Waals surface area contributed by atoms with Gasteiger partial charge < -0.3 is 15.7 Å². The number of anilines is 1. The molecule has 2 rings (SSSR count). The molecule has 0 spiro atoms. The molecule has 0 heterocycles. The number of hydrogen-bond donors (Lipinski definition) is 3. The maximum atomic E-state index is 12.8. The molecule has 24 heavy (non-hydrogen) atoms. The van der Waals surface area contributed by atoms with Crippen LogP contribution in [0.2, 0.25) is 0 Å². The van der Waals surface area contributed by atoms with Crippen LogP contribution in [0.25, 0.3) is 0 Å². The van der Waals surface area contributed by atoms with Crippen molar-refractivity contribution in [1.29, 1.82) is 0 Å². The van der Waals surface area contributed by atoms with Gasteiger partial charge in [0.1, 0.15) is 5.82 Å². The Hall–Kier alpha value is -2.09. The van der Waals surface area contributed by atoms with Crippen molar-refractivity contribution >= 4 is 35.2 Å². The first kappa shape index (κ1) is 18.3. The van der Waals surface area contributed by atoms with E-state index in [1.807, 2.05) is 0 Å². The van der Waals surface area contributed by atoms with Crippen LogP contribution in [0.3, 0.4) is 0 Å². The quantitative estimate of drug-likeness (QED) is 0.662. The van der Waals surface area contributed by atoms with Gasteiger partial charge in [0.15, 0.2) is 0 Å². The van der Waals surface area contributed by atoms with Gasteiger partial charge in [0, 0.05) is 12.2 Å². The SMILES string of the molecule is CC(SCC(=O)Nc1ccc(F)cc1)C(=O)NCC1(C(=O)O)CC1. The van der Waals surface area contributed by atoms with E-state index in [1.165, 1.54) is 24.3 Å². The predicted molar refractivity (Wildman–Crippen MR) is 89.3 cm³/mol. The Labute approximate surface area is 143 Å². The van der Waals surface area contributed by atoms with Gasteiger partial charge in [0.25, 0.3) is 0 Å². The first-order chi connectivity index (χ1) is 11.3. The topological polar surface area (TPSA) is 95.5 Å². The molecule has 0 bridgehead atoms. The van der Waals surface area contributed by atoms with E-state index in [4.69, 9.17) is 5.11 Å². The van der Waals surface area contributed by atoms with Gasteiger partial charge in [-0.2, -0.15) is 0 Å². The lowest BCUT2D eigenvalue weighted by atomic mass is 10.1. The highest BCUT2D eigenvalue weighted by Gasteiger charge is 2.50. The highest BCUT2D eigenvalue weighted by Crippen LogP contribution is 2.45. The van der Waals surface area contributed by atoms with Gasteiger partial charge in [-0.3, -0.25) is 14.4 Å². The lowest BCUT2D eigenvalue weighted by molar-refractivity contribution is -0.143. The summed E-state index contributed by atoms with van der Waals surface area (Å²) in [6.45, 7) is 1.78. The van der Waals surface area contributed by atoms with Gasteiger partial charge >= 0.3 is 5.97 Å². The number of hydrogen-bond acceptors (Lipinski definition) is 4. The second-order valence-corrected chi connectivity index (χ2v) is 7.14. The summed E-state index contributed by atoms with van der Waals surface area (Å²) in [6.07, 6.45) is 1.15. The van der Waals surface area contributed by atoms with Crippen LogP contribution in [0, 0.1) is 11.2 Å². The summed E-state index contributed by atoms with van der Waals surface area (Å²) in [7, 11) is 0. The van der Waals surface area contributed by atoms with E-state index in [9.17, 15) is 18.8 Å². The Morgan fingerprint density at radius 3 is 2.46 bits per heavy atom. The molecule has 1 aromatic rings. The molecular weight excluding hydrogens is 335 g/mol. The van der Waals surface area contributed by atoms with Crippen molar-refractivity contribution in [2.75, 3.05) is 17.6 Å². The molecule has 130 valence electrons. The molecule has 1 aromatic carbocycles. The van der Waals surface area contributed by atoms with Crippen LogP contribution in [-0.4, -0.2) is 40.4 Å². The molecule has 1 saturated carbocycles. The Balaban J connectivity index is 1.70. The van der Waals surface area contributed by atoms with Crippen LogP contribution < -0.4 is 10.6 Å². The maximum Gasteiger partial charge on any atom is 0.311 e. The van der Waals surface area contributed by atoms with Crippen LogP contribution in [0.1, 0.15) is 19.8 Å². The minimum absolute atomic E-state index is 0.0655. The third-order valence-corrected chi connectivity index (χ3v) is 5.01. The fourth-order valence-electron chi connectivity index (χ4n) is 2.02. The Bertz CT molecular complexity index is 631. The zero-order chi connectivity index (χ0) is 17.7. The predicted octanol–water partition coefficient (Wildman–Crippen LogP) is 1.87. The minimum atomic E-state index is -0.887. The molecule has 3 N–H and O–H groups in total. The maximum absolute atomic E-state index is 12.8. The summed E-state index contributed by atoms with van der Waals surface area (Å²) in [6, 6.07) is 5.40. The van der Waals surface area contributed by atoms with Crippen molar-refractivity contribution in [3.63, 3.8) is 0 Å². The Morgan fingerprint density at radius 1 is 1.29 bits per heavy atom. The smallest absolute Gasteiger partial charge is 0.311 e. The van der Waals surface area contributed by atoms with E-state index in [-0.39, 0.29) is 29.9 Å². The first-order valence-corrected chi connectivity index (χ1v) is 8.55. The monoisotopic (exact) mass is 354 g/mol. The fraction of sp³-hybridized carbons (Fsp3) is 0.438. The molecule has 1 atom stereocenters. The first-order valence-electron chi connectivity index (χ1n) is 7.50. The van der Waals surface area contributed by atoms with Crippen molar-refractivity contribution < 1.29 is 23.9 Å². The number of nitrogens with one attached hydrogen (secondary N) is 2. The number of rotatable bonds is 8. The standard InChI is InChI=1S/C16H19FN2O4S/c1-10(14(21)18-9-16(6-7-16)15(22)23)24-8-13(20)19-12-4-2-11(17)3-5-12/h2-5,10H,6-9H2,1H3,(H,18,21)(H,19,20)(H,22,23). The van der Waals surface area contributed by atoms with Crippen LogP contribution in [0.15, 0.2) is 24.3 Å². The number of thioether (sulfide) groups is 1. The summed E-state index contributed by atoms with van der Waals surface area (Å²) < 4.78 is 12.8. The lowest BCUT2D eigenvalue weighted by Gasteiger charge is -2.15. The molecule has 0 aliphatic heterocycles. The summed E-state index contributed by atoms with van der Waals surface area (Å²) in [4.78, 5) is 34.8. The number of aliphatic carboxylic acids is 1. The molecular formula is C16H19FN2O4S. The van der Waals surface area contributed by atoms with Crippen LogP contribution >= 0.6 is 11.8 Å². The third kappa shape index (κ3) is 4.95. The molecule has 1 fully saturated rings. The number of carboxylic acid groups (broad SMARTS) is 1. The number of halogens is 1. The van der Waals surface area contributed by atoms with Gasteiger partial charge in [-0.15, -0.1) is 11.8 Å². The summed E-state index contributed by atoms with van der Waals surface area (Å²) in [5.74, 6) is -1.79. The van der Waals surface area contributed by atoms with E-state index >= 15 is 0 Å². The third-order valence-electron chi connectivity index (χ3n) is 3.87. The zero-order valence-electron chi connectivity index (χ0n) is 13.2. The Morgan fingerprint density at radius 2 is 1.92 bits per heavy atom. The van der Waals surface area contributed by atoms with E-state index in [2.05, 4.69) is 10.6 Å². The van der Waals surface area contributed by atoms with Crippen molar-refractivity contribution in [2.24, 2.45) is 5.41 Å². The van der Waals surface area contributed by atoms with Crippen LogP contribution in [0.5, 0.6) is 0 Å². The van der Waals surface area contributed by atoms with Gasteiger partial charge in [-0.05, 0) is 44.0 Å². The van der Waals surface area contributed by atoms with E-state index in [0.717, 1.165) is 11.8 Å². The lowest BCUT2D eigenvalue weighted by Crippen LogP contribution is -2.38. The fourth-order valence-corrected chi connectivity index (χ4v) is 2.73. The van der Waals surface area contributed by atoms with Crippen LogP contribution in [0.4, 0.5) is 10.1 Å². The molecule has 0 radical (unpaired) electrons. The summed E-state index contributed by atoms with van der Waals surface area (Å²) in [5, 5.41) is 13.8. The van der Waals surface area contributed by atoms with Gasteiger partial charge in [-0.1, -0.05) is 0 Å². The zero-order valence-corrected chi connectivity index (χ0v) is 14.0. The van der Waals surface area contributed by atoms with Crippen molar-refractivity contribution in [3.8, 4) is 0 Å². The molecule has 6 nitrogen and oxygen atoms in total. The van der Waals surface area contributed by atoms with Gasteiger partial charge in [0.2, 0.25) is 11.8 Å². The number of amides is 2. The molecule has 8 heteroatoms. The normalized spacial score (nSPS) is 16.1. The van der Waals surface area contributed by atoms with E-state index in [0.29, 0.717) is 18.5 Å². The highest BCUT2D eigenvalue weighted by atomic mass is 32.2. The molecule has 2 amide bonds. The van der Waals surface area contributed by atoms with Gasteiger partial charge in [-0.25, -0.2) is 4.39 Å². The van der Waals surface area contributed by atoms with E-state index in [1.54, 1.807) is 6.92 Å². The summed E-state index contributed by atoms with van der Waals surface area (Å²) in [5.41, 5.74) is -0.323. The molecule has 0 saturated heterocycles. The number of carbonyl (C=O) groups is 3. The Kier molecular flexibility index (Phi) is 5.82. The van der Waals surface area contributed by atoms with Crippen molar-refractivity contribution in [3.05, 3.63) is 30.1 Å². The average molecular weight is 354 g/mol. The molecule has 0 aromatic heterocycles. The molecule has 1 aliphatic rings. The highest BCUT2D eigenvalue weighted by molar-refractivity contribution is 8.01. The number of carboxylic acids is 1. The second kappa shape index (κ2) is 7.65. The second-order valence-electron chi connectivity index (χ2n) is 5.81.